The zero-order valence-corrected chi connectivity index (χ0v) is 19.7. The third kappa shape index (κ3) is 3.01. The molecule has 148 valence electrons. The lowest BCUT2D eigenvalue weighted by molar-refractivity contribution is -0.0172. The molecule has 0 bridgehead atoms. The number of rotatable bonds is 2. The van der Waals surface area contributed by atoms with E-state index in [0.29, 0.717) is 0 Å². The molecule has 0 radical (unpaired) electrons. The molecule has 6 heteroatoms. The molecule has 0 amide bonds. The lowest BCUT2D eigenvalue weighted by Crippen LogP contribution is -2.33. The van der Waals surface area contributed by atoms with Gasteiger partial charge in [0.2, 0.25) is 6.23 Å². The molecule has 3 nitrogen and oxygen atoms in total. The fraction of sp³-hybridized carbons (Fsp3) is 0.125. The van der Waals surface area contributed by atoms with Gasteiger partial charge < -0.3 is 4.74 Å². The summed E-state index contributed by atoms with van der Waals surface area (Å²) in [5.41, 5.74) is 3.42. The van der Waals surface area contributed by atoms with Crippen molar-refractivity contribution in [3.63, 3.8) is 0 Å². The van der Waals surface area contributed by atoms with Crippen LogP contribution in [0.25, 0.3) is 10.8 Å². The Kier molecular flexibility index (Phi) is 4.48. The second-order valence-electron chi connectivity index (χ2n) is 7.50. The number of hydrazone groups is 1. The van der Waals surface area contributed by atoms with Gasteiger partial charge >= 0.3 is 0 Å². The molecule has 0 aliphatic carbocycles. The maximum absolute atomic E-state index is 6.49. The van der Waals surface area contributed by atoms with Crippen molar-refractivity contribution >= 4 is 59.7 Å². The molecule has 6 rings (SSSR count). The van der Waals surface area contributed by atoms with Crippen LogP contribution in [0.2, 0.25) is 0 Å². The topological polar surface area (TPSA) is 24.8 Å². The van der Waals surface area contributed by atoms with E-state index in [4.69, 9.17) is 9.84 Å². The van der Waals surface area contributed by atoms with Gasteiger partial charge in [0, 0.05) is 16.5 Å². The van der Waals surface area contributed by atoms with Crippen molar-refractivity contribution in [2.75, 3.05) is 0 Å². The first-order valence-electron chi connectivity index (χ1n) is 9.71. The van der Waals surface area contributed by atoms with Crippen molar-refractivity contribution in [1.82, 2.24) is 5.01 Å². The van der Waals surface area contributed by atoms with Gasteiger partial charge in [0.15, 0.2) is 0 Å². The van der Waals surface area contributed by atoms with Crippen molar-refractivity contribution in [3.05, 3.63) is 97.1 Å². The van der Waals surface area contributed by atoms with Crippen LogP contribution in [0.5, 0.6) is 5.75 Å². The first kappa shape index (κ1) is 18.6. The van der Waals surface area contributed by atoms with Crippen LogP contribution < -0.4 is 4.74 Å². The van der Waals surface area contributed by atoms with Gasteiger partial charge in [0.05, 0.1) is 21.1 Å². The molecular weight excluding hydrogens is 524 g/mol. The van der Waals surface area contributed by atoms with Gasteiger partial charge in [-0.2, -0.15) is 5.10 Å². The van der Waals surface area contributed by atoms with Crippen LogP contribution in [-0.4, -0.2) is 10.7 Å². The van der Waals surface area contributed by atoms with E-state index in [1.54, 1.807) is 11.3 Å². The highest BCUT2D eigenvalue weighted by molar-refractivity contribution is 9.11. The average molecular weight is 540 g/mol. The number of nitrogens with zero attached hydrogens (tertiary/aromatic N) is 2. The second-order valence-corrected chi connectivity index (χ2v) is 10.2. The van der Waals surface area contributed by atoms with Gasteiger partial charge in [-0.25, -0.2) is 5.01 Å². The minimum atomic E-state index is -0.224. The largest absolute Gasteiger partial charge is 0.462 e. The molecule has 2 atom stereocenters. The van der Waals surface area contributed by atoms with E-state index < -0.39 is 0 Å². The number of benzene rings is 3. The van der Waals surface area contributed by atoms with Crippen LogP contribution in [0.15, 0.2) is 86.2 Å². The Balaban J connectivity index is 1.47. The maximum Gasteiger partial charge on any atom is 0.223 e. The van der Waals surface area contributed by atoms with Crippen LogP contribution in [0.3, 0.4) is 0 Å². The minimum Gasteiger partial charge on any atom is -0.462 e. The predicted octanol–water partition coefficient (Wildman–Crippen LogP) is 7.67. The number of hydrogen-bond acceptors (Lipinski definition) is 4. The molecular formula is C24H16Br2N2OS. The zero-order valence-electron chi connectivity index (χ0n) is 15.8. The number of hydrogen-bond donors (Lipinski definition) is 0. The van der Waals surface area contributed by atoms with E-state index in [1.807, 2.05) is 6.07 Å². The summed E-state index contributed by atoms with van der Waals surface area (Å²) >= 11 is 9.04. The van der Waals surface area contributed by atoms with Crippen molar-refractivity contribution in [1.29, 1.82) is 0 Å². The Morgan fingerprint density at radius 2 is 1.83 bits per heavy atom. The van der Waals surface area contributed by atoms with Crippen molar-refractivity contribution in [3.8, 4) is 5.75 Å². The van der Waals surface area contributed by atoms with Crippen LogP contribution in [0.4, 0.5) is 0 Å². The van der Waals surface area contributed by atoms with Gasteiger partial charge in [-0.1, -0.05) is 58.4 Å². The monoisotopic (exact) mass is 538 g/mol. The molecule has 3 aromatic carbocycles. The molecule has 0 saturated heterocycles. The normalized spacial score (nSPS) is 19.9. The van der Waals surface area contributed by atoms with Gasteiger partial charge in [0.25, 0.3) is 0 Å². The van der Waals surface area contributed by atoms with E-state index in [0.717, 1.165) is 37.3 Å². The van der Waals surface area contributed by atoms with Crippen molar-refractivity contribution in [2.24, 2.45) is 5.10 Å². The van der Waals surface area contributed by atoms with E-state index in [-0.39, 0.29) is 12.3 Å². The lowest BCUT2D eigenvalue weighted by atomic mass is 9.95. The third-order valence-corrected chi connectivity index (χ3v) is 7.63. The highest BCUT2D eigenvalue weighted by Gasteiger charge is 2.42. The Morgan fingerprint density at radius 3 is 2.67 bits per heavy atom. The molecule has 1 aromatic heterocycles. The molecule has 0 spiro atoms. The highest BCUT2D eigenvalue weighted by Crippen LogP contribution is 2.51. The SMILES string of the molecule is Brc1cc(Br)c2c(c1)[C@H]1CC(c3ccc4ccccc4c3)=NN1[C@H](c1cccs1)O2. The van der Waals surface area contributed by atoms with Gasteiger partial charge in [-0.3, -0.25) is 0 Å². The molecule has 30 heavy (non-hydrogen) atoms. The Morgan fingerprint density at radius 1 is 0.967 bits per heavy atom. The Labute approximate surface area is 195 Å². The highest BCUT2D eigenvalue weighted by atomic mass is 79.9. The van der Waals surface area contributed by atoms with Gasteiger partial charge in [0.1, 0.15) is 5.75 Å². The van der Waals surface area contributed by atoms with Gasteiger partial charge in [-0.15, -0.1) is 11.3 Å². The summed E-state index contributed by atoms with van der Waals surface area (Å²) in [5.74, 6) is 0.910. The molecule has 0 N–H and O–H groups in total. The van der Waals surface area contributed by atoms with E-state index in [9.17, 15) is 0 Å². The fourth-order valence-corrected chi connectivity index (χ4v) is 6.37. The zero-order chi connectivity index (χ0) is 20.2. The standard InChI is InChI=1S/C24H16Br2N2OS/c25-17-11-18-21-13-20(16-8-7-14-4-1-2-5-15(14)10-16)27-28(21)24(22-6-3-9-30-22)29-23(18)19(26)12-17/h1-12,21,24H,13H2/t21-,24+/m1/s1. The smallest absolute Gasteiger partial charge is 0.223 e. The summed E-state index contributed by atoms with van der Waals surface area (Å²) in [6.07, 6.45) is 0.623. The predicted molar refractivity (Wildman–Crippen MR) is 129 cm³/mol. The summed E-state index contributed by atoms with van der Waals surface area (Å²) in [5, 5.41) is 11.8. The van der Waals surface area contributed by atoms with E-state index >= 15 is 0 Å². The van der Waals surface area contributed by atoms with E-state index in [2.05, 4.69) is 103 Å². The van der Waals surface area contributed by atoms with Crippen LogP contribution in [-0.2, 0) is 0 Å². The van der Waals surface area contributed by atoms with Crippen molar-refractivity contribution < 1.29 is 4.74 Å². The summed E-state index contributed by atoms with van der Waals surface area (Å²) in [7, 11) is 0. The summed E-state index contributed by atoms with van der Waals surface area (Å²) in [6, 6.07) is 23.6. The Bertz CT molecular complexity index is 1300. The summed E-state index contributed by atoms with van der Waals surface area (Å²) < 4.78 is 8.49. The van der Waals surface area contributed by atoms with Crippen molar-refractivity contribution in [2.45, 2.75) is 18.7 Å². The molecule has 0 saturated carbocycles. The lowest BCUT2D eigenvalue weighted by Gasteiger charge is -2.38. The molecule has 0 fully saturated rings. The van der Waals surface area contributed by atoms with Crippen LogP contribution in [0.1, 0.15) is 34.7 Å². The van der Waals surface area contributed by atoms with E-state index in [1.165, 1.54) is 16.3 Å². The molecule has 2 aliphatic heterocycles. The molecule has 0 unspecified atom stereocenters. The molecule has 3 heterocycles. The molecule has 2 aliphatic rings. The number of ether oxygens (including phenoxy) is 1. The fourth-order valence-electron chi connectivity index (χ4n) is 4.28. The number of fused-ring (bicyclic) bond motifs is 4. The van der Waals surface area contributed by atoms with Gasteiger partial charge in [-0.05, 0) is 61.9 Å². The summed E-state index contributed by atoms with van der Waals surface area (Å²) in [6.45, 7) is 0. The second kappa shape index (κ2) is 7.22. The minimum absolute atomic E-state index is 0.135. The first-order valence-corrected chi connectivity index (χ1v) is 12.2. The first-order chi connectivity index (χ1) is 14.7. The quantitative estimate of drug-likeness (QED) is 0.261. The molecule has 4 aromatic rings. The summed E-state index contributed by atoms with van der Waals surface area (Å²) in [4.78, 5) is 1.16. The Hall–Kier alpha value is -2.15. The third-order valence-electron chi connectivity index (χ3n) is 5.68. The number of halogens is 2. The van der Waals surface area contributed by atoms with Crippen LogP contribution in [0, 0.1) is 0 Å². The van der Waals surface area contributed by atoms with Crippen LogP contribution >= 0.6 is 43.2 Å². The number of thiophene rings is 1. The average Bonchev–Trinajstić information content (AvgIpc) is 3.43. The maximum atomic E-state index is 6.49.